The molecular weight excluding hydrogens is 473 g/mol. The number of amides is 2. The van der Waals surface area contributed by atoms with Crippen LogP contribution in [0.2, 0.25) is 0 Å². The Balaban J connectivity index is 1.52. The summed E-state index contributed by atoms with van der Waals surface area (Å²) in [7, 11) is 0. The second-order valence-electron chi connectivity index (χ2n) is 7.54. The standard InChI is InChI=1S/C23H23F3N2O5S/c24-23(25,26)19(21(31)27-9-10-34-13-20(29)30)11-28-22(32)33-12-18-16-7-3-1-5-14(16)15-6-2-4-8-17(15)18/h1-8,18-19H,9-13H2,(H,27,31)(H,28,32)(H,29,30). The number of alkyl halides is 3. The Bertz CT molecular complexity index is 1000. The van der Waals surface area contributed by atoms with E-state index in [1.54, 1.807) is 0 Å². The van der Waals surface area contributed by atoms with Crippen molar-refractivity contribution < 1.29 is 37.4 Å². The zero-order valence-corrected chi connectivity index (χ0v) is 18.7. The van der Waals surface area contributed by atoms with E-state index in [2.05, 4.69) is 5.32 Å². The quantitative estimate of drug-likeness (QED) is 0.434. The van der Waals surface area contributed by atoms with Crippen LogP contribution in [0, 0.1) is 5.92 Å². The van der Waals surface area contributed by atoms with Gasteiger partial charge < -0.3 is 20.5 Å². The fourth-order valence-corrected chi connectivity index (χ4v) is 4.29. The number of carbonyl (C=O) groups is 3. The lowest BCUT2D eigenvalue weighted by atomic mass is 9.98. The van der Waals surface area contributed by atoms with Crippen molar-refractivity contribution in [1.82, 2.24) is 10.6 Å². The molecule has 1 unspecified atom stereocenters. The molecule has 7 nitrogen and oxygen atoms in total. The number of rotatable bonds is 10. The summed E-state index contributed by atoms with van der Waals surface area (Å²) in [5.41, 5.74) is 3.96. The molecule has 11 heteroatoms. The maximum atomic E-state index is 13.3. The topological polar surface area (TPSA) is 105 Å². The summed E-state index contributed by atoms with van der Waals surface area (Å²) in [5, 5.41) is 12.7. The van der Waals surface area contributed by atoms with E-state index in [9.17, 15) is 27.6 Å². The third kappa shape index (κ3) is 6.43. The zero-order chi connectivity index (χ0) is 24.7. The lowest BCUT2D eigenvalue weighted by Gasteiger charge is -2.20. The zero-order valence-electron chi connectivity index (χ0n) is 17.9. The largest absolute Gasteiger partial charge is 0.481 e. The lowest BCUT2D eigenvalue weighted by molar-refractivity contribution is -0.181. The smallest absolute Gasteiger partial charge is 0.407 e. The molecule has 1 atom stereocenters. The molecule has 0 bridgehead atoms. The van der Waals surface area contributed by atoms with Crippen molar-refractivity contribution in [2.24, 2.45) is 5.92 Å². The number of nitrogens with one attached hydrogen (secondary N) is 2. The third-order valence-corrected chi connectivity index (χ3v) is 6.22. The van der Waals surface area contributed by atoms with Crippen molar-refractivity contribution in [2.45, 2.75) is 12.1 Å². The molecule has 0 fully saturated rings. The number of alkyl carbamates (subject to hydrolysis) is 1. The summed E-state index contributed by atoms with van der Waals surface area (Å²) in [5.74, 6) is -5.15. The Labute approximate surface area is 198 Å². The van der Waals surface area contributed by atoms with Crippen LogP contribution in [-0.4, -0.2) is 60.5 Å². The van der Waals surface area contributed by atoms with Gasteiger partial charge in [0, 0.05) is 24.8 Å². The van der Waals surface area contributed by atoms with Crippen molar-refractivity contribution in [1.29, 1.82) is 0 Å². The van der Waals surface area contributed by atoms with Gasteiger partial charge in [-0.2, -0.15) is 13.2 Å². The predicted octanol–water partition coefficient (Wildman–Crippen LogP) is 3.64. The van der Waals surface area contributed by atoms with Crippen LogP contribution in [0.5, 0.6) is 0 Å². The van der Waals surface area contributed by atoms with Gasteiger partial charge in [-0.1, -0.05) is 48.5 Å². The number of carboxylic acid groups (broad SMARTS) is 1. The minimum atomic E-state index is -4.88. The first-order valence-electron chi connectivity index (χ1n) is 10.4. The average molecular weight is 497 g/mol. The first-order valence-corrected chi connectivity index (χ1v) is 11.6. The van der Waals surface area contributed by atoms with Crippen molar-refractivity contribution in [2.75, 3.05) is 31.2 Å². The van der Waals surface area contributed by atoms with Gasteiger partial charge in [-0.25, -0.2) is 4.79 Å². The van der Waals surface area contributed by atoms with Gasteiger partial charge in [0.25, 0.3) is 0 Å². The van der Waals surface area contributed by atoms with Gasteiger partial charge in [-0.05, 0) is 22.3 Å². The molecule has 0 aromatic heterocycles. The molecule has 0 saturated carbocycles. The molecule has 34 heavy (non-hydrogen) atoms. The van der Waals surface area contributed by atoms with E-state index in [0.29, 0.717) is 0 Å². The first-order chi connectivity index (χ1) is 16.2. The summed E-state index contributed by atoms with van der Waals surface area (Å²) < 4.78 is 45.2. The number of ether oxygens (including phenoxy) is 1. The number of thioether (sulfide) groups is 1. The van der Waals surface area contributed by atoms with E-state index < -0.39 is 36.6 Å². The van der Waals surface area contributed by atoms with Crippen LogP contribution in [0.15, 0.2) is 48.5 Å². The fraction of sp³-hybridized carbons (Fsp3) is 0.348. The SMILES string of the molecule is O=C(O)CSCCNC(=O)C(CNC(=O)OCC1c2ccccc2-c2ccccc21)C(F)(F)F. The molecule has 0 saturated heterocycles. The van der Waals surface area contributed by atoms with Crippen molar-refractivity contribution in [3.63, 3.8) is 0 Å². The highest BCUT2D eigenvalue weighted by Gasteiger charge is 2.45. The van der Waals surface area contributed by atoms with Gasteiger partial charge in [0.2, 0.25) is 5.91 Å². The molecule has 2 aromatic carbocycles. The summed E-state index contributed by atoms with van der Waals surface area (Å²) in [6, 6.07) is 15.3. The summed E-state index contributed by atoms with van der Waals surface area (Å²) in [6.07, 6.45) is -5.93. The minimum Gasteiger partial charge on any atom is -0.481 e. The Morgan fingerprint density at radius 3 is 2.15 bits per heavy atom. The monoisotopic (exact) mass is 496 g/mol. The highest BCUT2D eigenvalue weighted by Crippen LogP contribution is 2.44. The van der Waals surface area contributed by atoms with Crippen LogP contribution in [-0.2, 0) is 14.3 Å². The Kier molecular flexibility index (Phi) is 8.43. The van der Waals surface area contributed by atoms with E-state index in [4.69, 9.17) is 9.84 Å². The van der Waals surface area contributed by atoms with E-state index in [1.165, 1.54) is 0 Å². The molecule has 2 aromatic rings. The predicted molar refractivity (Wildman–Crippen MR) is 121 cm³/mol. The summed E-state index contributed by atoms with van der Waals surface area (Å²) in [6.45, 7) is -1.17. The van der Waals surface area contributed by atoms with Crippen molar-refractivity contribution in [3.8, 4) is 11.1 Å². The summed E-state index contributed by atoms with van der Waals surface area (Å²) in [4.78, 5) is 34.6. The number of hydrogen-bond acceptors (Lipinski definition) is 5. The molecule has 0 spiro atoms. The maximum Gasteiger partial charge on any atom is 0.407 e. The van der Waals surface area contributed by atoms with Crippen molar-refractivity contribution in [3.05, 3.63) is 59.7 Å². The van der Waals surface area contributed by atoms with E-state index in [-0.39, 0.29) is 30.6 Å². The molecule has 3 rings (SSSR count). The molecule has 3 N–H and O–H groups in total. The molecular formula is C23H23F3N2O5S. The second kappa shape index (κ2) is 11.3. The molecule has 182 valence electrons. The highest BCUT2D eigenvalue weighted by molar-refractivity contribution is 7.99. The van der Waals surface area contributed by atoms with Crippen LogP contribution in [0.25, 0.3) is 11.1 Å². The Morgan fingerprint density at radius 1 is 1.00 bits per heavy atom. The van der Waals surface area contributed by atoms with E-state index >= 15 is 0 Å². The van der Waals surface area contributed by atoms with Gasteiger partial charge in [-0.15, -0.1) is 11.8 Å². The number of hydrogen-bond donors (Lipinski definition) is 3. The second-order valence-corrected chi connectivity index (χ2v) is 8.64. The Morgan fingerprint density at radius 2 is 1.59 bits per heavy atom. The fourth-order valence-electron chi connectivity index (χ4n) is 3.72. The molecule has 0 heterocycles. The van der Waals surface area contributed by atoms with Gasteiger partial charge in [0.1, 0.15) is 6.61 Å². The van der Waals surface area contributed by atoms with Crippen LogP contribution < -0.4 is 10.6 Å². The molecule has 0 aliphatic heterocycles. The van der Waals surface area contributed by atoms with E-state index in [0.717, 1.165) is 34.0 Å². The van der Waals surface area contributed by atoms with Gasteiger partial charge >= 0.3 is 18.2 Å². The van der Waals surface area contributed by atoms with Crippen molar-refractivity contribution >= 4 is 29.7 Å². The third-order valence-electron chi connectivity index (χ3n) is 5.28. The minimum absolute atomic E-state index is 0.0659. The number of halogens is 3. The molecule has 0 radical (unpaired) electrons. The first kappa shape index (κ1) is 25.4. The van der Waals surface area contributed by atoms with Crippen LogP contribution in [0.4, 0.5) is 18.0 Å². The van der Waals surface area contributed by atoms with Gasteiger partial charge in [0.05, 0.1) is 5.75 Å². The Hall–Kier alpha value is -3.21. The highest BCUT2D eigenvalue weighted by atomic mass is 32.2. The van der Waals surface area contributed by atoms with Crippen LogP contribution >= 0.6 is 11.8 Å². The van der Waals surface area contributed by atoms with Crippen LogP contribution in [0.1, 0.15) is 17.0 Å². The number of aliphatic carboxylic acids is 1. The number of carbonyl (C=O) groups excluding carboxylic acids is 2. The average Bonchev–Trinajstić information content (AvgIpc) is 3.10. The number of fused-ring (bicyclic) bond motifs is 3. The number of benzene rings is 2. The molecule has 1 aliphatic carbocycles. The van der Waals surface area contributed by atoms with E-state index in [1.807, 2.05) is 53.8 Å². The van der Waals surface area contributed by atoms with Gasteiger partial charge in [0.15, 0.2) is 5.92 Å². The normalized spacial score (nSPS) is 13.5. The van der Waals surface area contributed by atoms with Gasteiger partial charge in [-0.3, -0.25) is 9.59 Å². The van der Waals surface area contributed by atoms with Crippen LogP contribution in [0.3, 0.4) is 0 Å². The summed E-state index contributed by atoms with van der Waals surface area (Å²) >= 11 is 0.964. The molecule has 1 aliphatic rings. The number of carboxylic acids is 1. The molecule has 2 amide bonds. The maximum absolute atomic E-state index is 13.3. The lowest BCUT2D eigenvalue weighted by Crippen LogP contribution is -2.46.